The molecule has 0 atom stereocenters. The van der Waals surface area contributed by atoms with E-state index in [0.29, 0.717) is 10.6 Å². The van der Waals surface area contributed by atoms with Gasteiger partial charge in [0.25, 0.3) is 0 Å². The largest absolute Gasteiger partial charge is 0.302 e. The first-order valence-corrected chi connectivity index (χ1v) is 3.84. The molecule has 0 aliphatic rings. The molecule has 0 saturated carbocycles. The number of carbonyl (C=O) groups excluding carboxylic acids is 1. The number of rotatable bonds is 2. The van der Waals surface area contributed by atoms with Gasteiger partial charge in [0.2, 0.25) is 5.78 Å². The highest BCUT2D eigenvalue weighted by Crippen LogP contribution is 2.11. The Kier molecular flexibility index (Phi) is 2.61. The molecule has 1 aromatic carbocycles. The first kappa shape index (κ1) is 8.94. The van der Waals surface area contributed by atoms with E-state index in [1.807, 2.05) is 0 Å². The maximum absolute atomic E-state index is 11.2. The molecular formula is C9H8ClNO. The Labute approximate surface area is 75.7 Å². The molecule has 1 aromatic rings. The fraction of sp³-hybridized carbons (Fsp3) is 0.111. The van der Waals surface area contributed by atoms with E-state index >= 15 is 0 Å². The molecular weight excluding hydrogens is 174 g/mol. The summed E-state index contributed by atoms with van der Waals surface area (Å²) in [5.74, 6) is -0.280. The molecule has 0 spiro atoms. The highest BCUT2D eigenvalue weighted by atomic mass is 35.5. The van der Waals surface area contributed by atoms with E-state index in [9.17, 15) is 4.79 Å². The van der Waals surface area contributed by atoms with Crippen LogP contribution >= 0.6 is 11.6 Å². The Balaban J connectivity index is 3.04. The van der Waals surface area contributed by atoms with Crippen molar-refractivity contribution in [2.75, 3.05) is 0 Å². The van der Waals surface area contributed by atoms with E-state index in [4.69, 9.17) is 17.0 Å². The lowest BCUT2D eigenvalue weighted by molar-refractivity contribution is 0.106. The third-order valence-corrected chi connectivity index (χ3v) is 1.66. The first-order chi connectivity index (χ1) is 5.61. The lowest BCUT2D eigenvalue weighted by atomic mass is 10.1. The normalized spacial score (nSPS) is 9.50. The minimum Gasteiger partial charge on any atom is -0.302 e. The van der Waals surface area contributed by atoms with Crippen molar-refractivity contribution in [1.82, 2.24) is 0 Å². The Morgan fingerprint density at radius 2 is 2.17 bits per heavy atom. The van der Waals surface area contributed by atoms with Gasteiger partial charge in [0.15, 0.2) is 0 Å². The maximum atomic E-state index is 11.2. The van der Waals surface area contributed by atoms with Gasteiger partial charge in [-0.05, 0) is 19.1 Å². The van der Waals surface area contributed by atoms with Crippen molar-refractivity contribution in [3.05, 3.63) is 34.9 Å². The van der Waals surface area contributed by atoms with Crippen LogP contribution in [0.3, 0.4) is 0 Å². The first-order valence-electron chi connectivity index (χ1n) is 3.46. The van der Waals surface area contributed by atoms with Gasteiger partial charge in [-0.1, -0.05) is 23.7 Å². The quantitative estimate of drug-likeness (QED) is 0.553. The Hall–Kier alpha value is -1.15. The lowest BCUT2D eigenvalue weighted by Gasteiger charge is -1.97. The number of nitrogens with one attached hydrogen (secondary N) is 1. The summed E-state index contributed by atoms with van der Waals surface area (Å²) in [6.07, 6.45) is 0. The topological polar surface area (TPSA) is 40.9 Å². The van der Waals surface area contributed by atoms with E-state index < -0.39 is 0 Å². The van der Waals surface area contributed by atoms with Crippen molar-refractivity contribution in [3.8, 4) is 0 Å². The molecule has 0 heterocycles. The molecule has 0 amide bonds. The summed E-state index contributed by atoms with van der Waals surface area (Å²) >= 11 is 5.67. The number of hydrogen-bond donors (Lipinski definition) is 1. The van der Waals surface area contributed by atoms with Crippen LogP contribution in [0.25, 0.3) is 0 Å². The fourth-order valence-corrected chi connectivity index (χ4v) is 1.04. The maximum Gasteiger partial charge on any atom is 0.206 e. The second-order valence-electron chi connectivity index (χ2n) is 2.46. The van der Waals surface area contributed by atoms with Crippen LogP contribution in [0.4, 0.5) is 0 Å². The summed E-state index contributed by atoms with van der Waals surface area (Å²) in [4.78, 5) is 11.2. The van der Waals surface area contributed by atoms with Crippen LogP contribution in [0.5, 0.6) is 0 Å². The van der Waals surface area contributed by atoms with Crippen molar-refractivity contribution in [2.24, 2.45) is 0 Å². The van der Waals surface area contributed by atoms with Gasteiger partial charge in [0, 0.05) is 10.6 Å². The van der Waals surface area contributed by atoms with Gasteiger partial charge in [-0.3, -0.25) is 4.79 Å². The molecule has 0 radical (unpaired) electrons. The average Bonchev–Trinajstić information content (AvgIpc) is 2.03. The van der Waals surface area contributed by atoms with Crippen LogP contribution in [0.15, 0.2) is 24.3 Å². The zero-order chi connectivity index (χ0) is 9.14. The molecule has 0 aliphatic heterocycles. The molecule has 0 fully saturated rings. The van der Waals surface area contributed by atoms with E-state index in [2.05, 4.69) is 0 Å². The average molecular weight is 182 g/mol. The summed E-state index contributed by atoms with van der Waals surface area (Å²) in [5.41, 5.74) is 0.493. The molecule has 1 N–H and O–H groups in total. The van der Waals surface area contributed by atoms with Crippen molar-refractivity contribution in [1.29, 1.82) is 5.41 Å². The van der Waals surface area contributed by atoms with Gasteiger partial charge in [0.05, 0.1) is 5.71 Å². The molecule has 3 heteroatoms. The smallest absolute Gasteiger partial charge is 0.206 e. The van der Waals surface area contributed by atoms with Gasteiger partial charge in [-0.15, -0.1) is 0 Å². The van der Waals surface area contributed by atoms with Gasteiger partial charge >= 0.3 is 0 Å². The SMILES string of the molecule is CC(=N)C(=O)c1cccc(Cl)c1. The molecule has 1 rings (SSSR count). The number of halogens is 1. The Bertz CT molecular complexity index is 333. The van der Waals surface area contributed by atoms with Crippen LogP contribution < -0.4 is 0 Å². The molecule has 0 saturated heterocycles. The zero-order valence-electron chi connectivity index (χ0n) is 6.60. The molecule has 12 heavy (non-hydrogen) atoms. The van der Waals surface area contributed by atoms with Crippen molar-refractivity contribution in [3.63, 3.8) is 0 Å². The van der Waals surface area contributed by atoms with Crippen LogP contribution in [0.1, 0.15) is 17.3 Å². The number of carbonyl (C=O) groups is 1. The van der Waals surface area contributed by atoms with Crippen LogP contribution in [0.2, 0.25) is 5.02 Å². The number of ketones is 1. The van der Waals surface area contributed by atoms with Crippen LogP contribution in [-0.2, 0) is 0 Å². The molecule has 62 valence electrons. The van der Waals surface area contributed by atoms with Gasteiger partial charge < -0.3 is 5.41 Å². The summed E-state index contributed by atoms with van der Waals surface area (Å²) in [7, 11) is 0. The number of Topliss-reactive ketones (excluding diaryl/α,β-unsaturated/α-hetero) is 1. The van der Waals surface area contributed by atoms with Crippen molar-refractivity contribution < 1.29 is 4.79 Å². The van der Waals surface area contributed by atoms with Gasteiger partial charge in [-0.25, -0.2) is 0 Å². The second kappa shape index (κ2) is 3.50. The molecule has 0 bridgehead atoms. The summed E-state index contributed by atoms with van der Waals surface area (Å²) in [6.45, 7) is 1.46. The lowest BCUT2D eigenvalue weighted by Crippen LogP contribution is -2.08. The monoisotopic (exact) mass is 181 g/mol. The molecule has 0 unspecified atom stereocenters. The summed E-state index contributed by atoms with van der Waals surface area (Å²) in [6, 6.07) is 6.59. The third kappa shape index (κ3) is 1.92. The summed E-state index contributed by atoms with van der Waals surface area (Å²) < 4.78 is 0. The minimum atomic E-state index is -0.280. The van der Waals surface area contributed by atoms with Crippen molar-refractivity contribution >= 4 is 23.1 Å². The van der Waals surface area contributed by atoms with E-state index in [-0.39, 0.29) is 11.5 Å². The van der Waals surface area contributed by atoms with Gasteiger partial charge in [0.1, 0.15) is 0 Å². The van der Waals surface area contributed by atoms with E-state index in [1.54, 1.807) is 24.3 Å². The standard InChI is InChI=1S/C9H8ClNO/c1-6(11)9(12)7-3-2-4-8(10)5-7/h2-5,11H,1H3. The van der Waals surface area contributed by atoms with E-state index in [1.165, 1.54) is 6.92 Å². The molecule has 0 aliphatic carbocycles. The van der Waals surface area contributed by atoms with Crippen molar-refractivity contribution in [2.45, 2.75) is 6.92 Å². The zero-order valence-corrected chi connectivity index (χ0v) is 7.35. The fourth-order valence-electron chi connectivity index (χ4n) is 0.846. The Morgan fingerprint density at radius 3 is 2.67 bits per heavy atom. The predicted octanol–water partition coefficient (Wildman–Crippen LogP) is 2.56. The Morgan fingerprint density at radius 1 is 1.50 bits per heavy atom. The molecule has 2 nitrogen and oxygen atoms in total. The highest BCUT2D eigenvalue weighted by molar-refractivity contribution is 6.44. The number of benzene rings is 1. The third-order valence-electron chi connectivity index (χ3n) is 1.43. The second-order valence-corrected chi connectivity index (χ2v) is 2.90. The highest BCUT2D eigenvalue weighted by Gasteiger charge is 2.07. The number of hydrogen-bond acceptors (Lipinski definition) is 2. The van der Waals surface area contributed by atoms with Gasteiger partial charge in [-0.2, -0.15) is 0 Å². The summed E-state index contributed by atoms with van der Waals surface area (Å²) in [5, 5.41) is 7.63. The van der Waals surface area contributed by atoms with E-state index in [0.717, 1.165) is 0 Å². The molecule has 0 aromatic heterocycles. The minimum absolute atomic E-state index is 0.0252. The predicted molar refractivity (Wildman–Crippen MR) is 49.2 cm³/mol. The van der Waals surface area contributed by atoms with Crippen LogP contribution in [0, 0.1) is 5.41 Å². The van der Waals surface area contributed by atoms with Crippen LogP contribution in [-0.4, -0.2) is 11.5 Å².